The van der Waals surface area contributed by atoms with E-state index < -0.39 is 28.3 Å². The molecule has 0 aromatic heterocycles. The van der Waals surface area contributed by atoms with E-state index in [1.807, 2.05) is 0 Å². The number of carboxylic acids is 1. The van der Waals surface area contributed by atoms with Crippen LogP contribution in [0.1, 0.15) is 15.9 Å². The number of benzene rings is 1. The molecular weight excluding hydrogens is 310 g/mol. The number of ether oxygens (including phenoxy) is 1. The van der Waals surface area contributed by atoms with Gasteiger partial charge in [0.15, 0.2) is 9.84 Å². The number of rotatable bonds is 7. The number of methoxy groups -OCH3 is 1. The van der Waals surface area contributed by atoms with Crippen LogP contribution in [0.3, 0.4) is 0 Å². The Kier molecular flexibility index (Phi) is 6.07. The number of aryl methyl sites for hydroxylation is 1. The van der Waals surface area contributed by atoms with Crippen LogP contribution in [-0.4, -0.2) is 63.4 Å². The Morgan fingerprint density at radius 3 is 2.45 bits per heavy atom. The molecule has 0 bridgehead atoms. The summed E-state index contributed by atoms with van der Waals surface area (Å²) in [6.45, 7) is 1.47. The van der Waals surface area contributed by atoms with Crippen molar-refractivity contribution in [2.24, 2.45) is 0 Å². The van der Waals surface area contributed by atoms with Gasteiger partial charge in [0.25, 0.3) is 5.91 Å². The van der Waals surface area contributed by atoms with Gasteiger partial charge < -0.3 is 14.7 Å². The lowest BCUT2D eigenvalue weighted by atomic mass is 10.1. The molecule has 0 fully saturated rings. The highest BCUT2D eigenvalue weighted by molar-refractivity contribution is 7.90. The van der Waals surface area contributed by atoms with Crippen molar-refractivity contribution in [2.75, 3.05) is 33.1 Å². The fourth-order valence-electron chi connectivity index (χ4n) is 1.85. The molecule has 1 aromatic carbocycles. The van der Waals surface area contributed by atoms with E-state index in [1.54, 1.807) is 6.92 Å². The minimum atomic E-state index is -3.45. The van der Waals surface area contributed by atoms with Crippen LogP contribution in [0.15, 0.2) is 23.1 Å². The van der Waals surface area contributed by atoms with Crippen molar-refractivity contribution in [1.29, 1.82) is 0 Å². The zero-order valence-corrected chi connectivity index (χ0v) is 13.5. The highest BCUT2D eigenvalue weighted by Gasteiger charge is 2.21. The Morgan fingerprint density at radius 1 is 1.32 bits per heavy atom. The maximum Gasteiger partial charge on any atom is 0.323 e. The van der Waals surface area contributed by atoms with E-state index >= 15 is 0 Å². The van der Waals surface area contributed by atoms with Gasteiger partial charge in [-0.25, -0.2) is 8.42 Å². The van der Waals surface area contributed by atoms with Crippen LogP contribution in [0.2, 0.25) is 0 Å². The van der Waals surface area contributed by atoms with Gasteiger partial charge in [-0.1, -0.05) is 6.07 Å². The molecule has 1 amide bonds. The second-order valence-corrected chi connectivity index (χ2v) is 6.88. The Hall–Kier alpha value is -1.93. The highest BCUT2D eigenvalue weighted by atomic mass is 32.2. The summed E-state index contributed by atoms with van der Waals surface area (Å²) in [5.74, 6) is -1.69. The molecule has 0 atom stereocenters. The van der Waals surface area contributed by atoms with Crippen LogP contribution in [-0.2, 0) is 19.4 Å². The number of carbonyl (C=O) groups excluding carboxylic acids is 1. The van der Waals surface area contributed by atoms with Crippen LogP contribution in [0.5, 0.6) is 0 Å². The van der Waals surface area contributed by atoms with Gasteiger partial charge in [0.1, 0.15) is 6.54 Å². The lowest BCUT2D eigenvalue weighted by Gasteiger charge is -2.21. The molecule has 0 heterocycles. The lowest BCUT2D eigenvalue weighted by molar-refractivity contribution is -0.137. The van der Waals surface area contributed by atoms with Gasteiger partial charge in [0, 0.05) is 25.5 Å². The van der Waals surface area contributed by atoms with E-state index in [2.05, 4.69) is 0 Å². The van der Waals surface area contributed by atoms with Crippen LogP contribution in [0.25, 0.3) is 0 Å². The summed E-state index contributed by atoms with van der Waals surface area (Å²) in [5.41, 5.74) is 0.741. The van der Waals surface area contributed by atoms with Gasteiger partial charge in [0.05, 0.1) is 11.5 Å². The molecule has 0 unspecified atom stereocenters. The Labute approximate surface area is 129 Å². The zero-order chi connectivity index (χ0) is 16.9. The topological polar surface area (TPSA) is 101 Å². The van der Waals surface area contributed by atoms with Crippen molar-refractivity contribution in [2.45, 2.75) is 11.8 Å². The lowest BCUT2D eigenvalue weighted by Crippen LogP contribution is -2.38. The van der Waals surface area contributed by atoms with Gasteiger partial charge in [-0.15, -0.1) is 0 Å². The number of carbonyl (C=O) groups is 2. The molecule has 0 aliphatic carbocycles. The minimum absolute atomic E-state index is 0.0171. The molecular formula is C14H19NO6S. The first-order valence-electron chi connectivity index (χ1n) is 6.47. The number of hydrogen-bond acceptors (Lipinski definition) is 5. The summed E-state index contributed by atoms with van der Waals surface area (Å²) < 4.78 is 28.1. The third kappa shape index (κ3) is 4.81. The SMILES string of the molecule is COCCN(CC(=O)O)C(=O)c1cc(S(C)(=O)=O)ccc1C. The van der Waals surface area contributed by atoms with E-state index in [-0.39, 0.29) is 23.6 Å². The predicted octanol–water partition coefficient (Wildman–Crippen LogP) is 0.572. The number of hydrogen-bond donors (Lipinski definition) is 1. The van der Waals surface area contributed by atoms with Crippen LogP contribution in [0.4, 0.5) is 0 Å². The van der Waals surface area contributed by atoms with Gasteiger partial charge >= 0.3 is 5.97 Å². The Balaban J connectivity index is 3.19. The predicted molar refractivity (Wildman–Crippen MR) is 79.7 cm³/mol. The van der Waals surface area contributed by atoms with E-state index in [1.165, 1.54) is 25.3 Å². The first-order valence-corrected chi connectivity index (χ1v) is 8.36. The molecule has 8 heteroatoms. The maximum absolute atomic E-state index is 12.5. The van der Waals surface area contributed by atoms with Gasteiger partial charge in [-0.3, -0.25) is 9.59 Å². The summed E-state index contributed by atoms with van der Waals surface area (Å²) in [4.78, 5) is 24.5. The molecule has 0 saturated carbocycles. The summed E-state index contributed by atoms with van der Waals surface area (Å²) >= 11 is 0. The first-order chi connectivity index (χ1) is 10.2. The quantitative estimate of drug-likeness (QED) is 0.785. The smallest absolute Gasteiger partial charge is 0.323 e. The van der Waals surface area contributed by atoms with Crippen molar-refractivity contribution in [3.05, 3.63) is 29.3 Å². The summed E-state index contributed by atoms with van der Waals surface area (Å²) in [7, 11) is -2.01. The van der Waals surface area contributed by atoms with Crippen LogP contribution in [0, 0.1) is 6.92 Å². The Morgan fingerprint density at radius 2 is 1.95 bits per heavy atom. The molecule has 122 valence electrons. The second kappa shape index (κ2) is 7.37. The normalized spacial score (nSPS) is 11.2. The summed E-state index contributed by atoms with van der Waals surface area (Å²) in [6, 6.07) is 4.21. The van der Waals surface area contributed by atoms with Crippen molar-refractivity contribution >= 4 is 21.7 Å². The van der Waals surface area contributed by atoms with Crippen LogP contribution < -0.4 is 0 Å². The second-order valence-electron chi connectivity index (χ2n) is 4.86. The average molecular weight is 329 g/mol. The summed E-state index contributed by atoms with van der Waals surface area (Å²) in [5, 5.41) is 8.90. The highest BCUT2D eigenvalue weighted by Crippen LogP contribution is 2.17. The fraction of sp³-hybridized carbons (Fsp3) is 0.429. The average Bonchev–Trinajstić information content (AvgIpc) is 2.41. The first kappa shape index (κ1) is 18.1. The zero-order valence-electron chi connectivity index (χ0n) is 12.7. The number of sulfone groups is 1. The number of amides is 1. The van der Waals surface area contributed by atoms with Crippen molar-refractivity contribution < 1.29 is 27.9 Å². The van der Waals surface area contributed by atoms with Crippen LogP contribution >= 0.6 is 0 Å². The van der Waals surface area contributed by atoms with Crippen molar-refractivity contribution in [1.82, 2.24) is 4.90 Å². The molecule has 0 aliphatic heterocycles. The molecule has 0 radical (unpaired) electrons. The minimum Gasteiger partial charge on any atom is -0.480 e. The molecule has 0 aliphatic rings. The molecule has 1 aromatic rings. The van der Waals surface area contributed by atoms with Gasteiger partial charge in [-0.05, 0) is 24.6 Å². The largest absolute Gasteiger partial charge is 0.480 e. The van der Waals surface area contributed by atoms with Crippen molar-refractivity contribution in [3.8, 4) is 0 Å². The Bertz CT molecular complexity index is 668. The molecule has 22 heavy (non-hydrogen) atoms. The number of aliphatic carboxylic acids is 1. The van der Waals surface area contributed by atoms with E-state index in [4.69, 9.17) is 9.84 Å². The molecule has 0 saturated heterocycles. The third-order valence-electron chi connectivity index (χ3n) is 3.05. The molecule has 1 rings (SSSR count). The third-order valence-corrected chi connectivity index (χ3v) is 4.16. The van der Waals surface area contributed by atoms with E-state index in [0.717, 1.165) is 11.2 Å². The molecule has 1 N–H and O–H groups in total. The monoisotopic (exact) mass is 329 g/mol. The van der Waals surface area contributed by atoms with Crippen molar-refractivity contribution in [3.63, 3.8) is 0 Å². The van der Waals surface area contributed by atoms with Gasteiger partial charge in [-0.2, -0.15) is 0 Å². The standard InChI is InChI=1S/C14H19NO6S/c1-10-4-5-11(22(3,19)20)8-12(10)14(18)15(6-7-21-2)9-13(16)17/h4-5,8H,6-7,9H2,1-3H3,(H,16,17). The van der Waals surface area contributed by atoms with E-state index in [0.29, 0.717) is 5.56 Å². The molecule has 0 spiro atoms. The molecule has 7 nitrogen and oxygen atoms in total. The maximum atomic E-state index is 12.5. The summed E-state index contributed by atoms with van der Waals surface area (Å²) in [6.07, 6.45) is 1.05. The number of carboxylic acid groups (broad SMARTS) is 1. The van der Waals surface area contributed by atoms with E-state index in [9.17, 15) is 18.0 Å². The number of nitrogens with zero attached hydrogens (tertiary/aromatic N) is 1. The van der Waals surface area contributed by atoms with Gasteiger partial charge in [0.2, 0.25) is 0 Å². The fourth-order valence-corrected chi connectivity index (χ4v) is 2.50.